The molecule has 0 amide bonds. The van der Waals surface area contributed by atoms with Gasteiger partial charge in [-0.3, -0.25) is 4.79 Å². The van der Waals surface area contributed by atoms with E-state index in [1.165, 1.54) is 5.56 Å². The molecule has 0 bridgehead atoms. The molecule has 0 saturated carbocycles. The van der Waals surface area contributed by atoms with E-state index in [0.29, 0.717) is 18.2 Å². The first kappa shape index (κ1) is 16.6. The number of ketones is 1. The van der Waals surface area contributed by atoms with Crippen LogP contribution in [0.1, 0.15) is 41.9 Å². The van der Waals surface area contributed by atoms with E-state index in [2.05, 4.69) is 25.2 Å². The Morgan fingerprint density at radius 1 is 1.08 bits per heavy atom. The monoisotopic (exact) mass is 345 g/mol. The molecule has 2 aromatic carbocycles. The van der Waals surface area contributed by atoms with Gasteiger partial charge in [0.2, 0.25) is 0 Å². The number of nitrogens with one attached hydrogen (secondary N) is 1. The molecule has 1 N–H and O–H groups in total. The smallest absolute Gasteiger partial charge is 0.168 e. The van der Waals surface area contributed by atoms with Gasteiger partial charge in [0.25, 0.3) is 0 Å². The van der Waals surface area contributed by atoms with Gasteiger partial charge in [-0.2, -0.15) is 0 Å². The van der Waals surface area contributed by atoms with Crippen molar-refractivity contribution < 1.29 is 4.79 Å². The van der Waals surface area contributed by atoms with Crippen LogP contribution in [0.2, 0.25) is 0 Å². The molecular formula is C22H23N3O. The lowest BCUT2D eigenvalue weighted by Gasteiger charge is -2.19. The van der Waals surface area contributed by atoms with Crippen molar-refractivity contribution in [1.82, 2.24) is 9.78 Å². The van der Waals surface area contributed by atoms with Crippen molar-refractivity contribution in [1.29, 1.82) is 0 Å². The Balaban J connectivity index is 1.84. The highest BCUT2D eigenvalue weighted by Gasteiger charge is 2.31. The lowest BCUT2D eigenvalue weighted by molar-refractivity contribution is 0.0953. The molecule has 0 unspecified atom stereocenters. The molecule has 1 atom stereocenters. The van der Waals surface area contributed by atoms with Crippen LogP contribution < -0.4 is 5.32 Å². The molecule has 0 saturated heterocycles. The van der Waals surface area contributed by atoms with E-state index in [4.69, 9.17) is 5.10 Å². The number of fused-ring (bicyclic) bond motifs is 1. The zero-order valence-electron chi connectivity index (χ0n) is 15.2. The number of aromatic nitrogens is 2. The van der Waals surface area contributed by atoms with Gasteiger partial charge in [0, 0.05) is 12.1 Å². The first-order valence-electron chi connectivity index (χ1n) is 9.22. The molecule has 1 aliphatic rings. The lowest BCUT2D eigenvalue weighted by Crippen LogP contribution is -2.19. The Morgan fingerprint density at radius 2 is 1.81 bits per heavy atom. The Bertz CT molecular complexity index is 943. The number of hydrogen-bond donors (Lipinski definition) is 1. The van der Waals surface area contributed by atoms with Crippen molar-refractivity contribution in [2.75, 3.05) is 5.32 Å². The van der Waals surface area contributed by atoms with Gasteiger partial charge in [0.15, 0.2) is 11.6 Å². The van der Waals surface area contributed by atoms with Crippen molar-refractivity contribution >= 4 is 17.3 Å². The molecule has 1 heterocycles. The van der Waals surface area contributed by atoms with E-state index in [1.807, 2.05) is 53.2 Å². The number of hydrogen-bond acceptors (Lipinski definition) is 3. The SMILES string of the molecule is CCc1ccccc1Nc1nn(-c2ccccc2)c2c1C(=O)C[C@@H](C)C2. The van der Waals surface area contributed by atoms with Crippen LogP contribution in [-0.4, -0.2) is 15.6 Å². The topological polar surface area (TPSA) is 46.9 Å². The molecule has 1 aromatic heterocycles. The summed E-state index contributed by atoms with van der Waals surface area (Å²) in [6.45, 7) is 4.26. The molecule has 4 nitrogen and oxygen atoms in total. The fourth-order valence-corrected chi connectivity index (χ4v) is 3.70. The highest BCUT2D eigenvalue weighted by atomic mass is 16.1. The summed E-state index contributed by atoms with van der Waals surface area (Å²) >= 11 is 0. The second-order valence-electron chi connectivity index (χ2n) is 6.99. The van der Waals surface area contributed by atoms with Crippen LogP contribution in [0.3, 0.4) is 0 Å². The number of rotatable bonds is 4. The number of benzene rings is 2. The zero-order chi connectivity index (χ0) is 18.1. The number of Topliss-reactive ketones (excluding diaryl/α,β-unsaturated/α-hetero) is 1. The summed E-state index contributed by atoms with van der Waals surface area (Å²) in [6.07, 6.45) is 2.37. The van der Waals surface area contributed by atoms with E-state index in [0.717, 1.165) is 35.5 Å². The molecule has 26 heavy (non-hydrogen) atoms. The predicted molar refractivity (Wildman–Crippen MR) is 104 cm³/mol. The van der Waals surface area contributed by atoms with Crippen LogP contribution in [0.25, 0.3) is 5.69 Å². The van der Waals surface area contributed by atoms with Gasteiger partial charge in [-0.1, -0.05) is 50.2 Å². The number of nitrogens with zero attached hydrogens (tertiary/aromatic N) is 2. The van der Waals surface area contributed by atoms with Crippen LogP contribution in [0.4, 0.5) is 11.5 Å². The van der Waals surface area contributed by atoms with Gasteiger partial charge in [0.1, 0.15) is 0 Å². The quantitative estimate of drug-likeness (QED) is 0.728. The Labute approximate surface area is 153 Å². The maximum atomic E-state index is 12.8. The maximum Gasteiger partial charge on any atom is 0.168 e. The van der Waals surface area contributed by atoms with Gasteiger partial charge >= 0.3 is 0 Å². The summed E-state index contributed by atoms with van der Waals surface area (Å²) in [5.41, 5.74) is 4.98. The summed E-state index contributed by atoms with van der Waals surface area (Å²) in [5.74, 6) is 1.18. The van der Waals surface area contributed by atoms with Crippen molar-refractivity contribution in [3.8, 4) is 5.69 Å². The molecule has 4 rings (SSSR count). The van der Waals surface area contributed by atoms with Crippen molar-refractivity contribution in [3.05, 3.63) is 71.4 Å². The normalized spacial score (nSPS) is 16.4. The molecule has 0 fully saturated rings. The molecule has 132 valence electrons. The first-order chi connectivity index (χ1) is 12.7. The highest BCUT2D eigenvalue weighted by Crippen LogP contribution is 2.34. The van der Waals surface area contributed by atoms with Gasteiger partial charge in [-0.15, -0.1) is 5.10 Å². The average molecular weight is 345 g/mol. The van der Waals surface area contributed by atoms with Crippen LogP contribution in [-0.2, 0) is 12.8 Å². The Hall–Kier alpha value is -2.88. The summed E-state index contributed by atoms with van der Waals surface area (Å²) in [7, 11) is 0. The fourth-order valence-electron chi connectivity index (χ4n) is 3.70. The molecule has 3 aromatic rings. The van der Waals surface area contributed by atoms with Crippen LogP contribution in [0.15, 0.2) is 54.6 Å². The summed E-state index contributed by atoms with van der Waals surface area (Å²) in [4.78, 5) is 12.8. The maximum absolute atomic E-state index is 12.8. The molecule has 0 aliphatic heterocycles. The fraction of sp³-hybridized carbons (Fsp3) is 0.273. The molecule has 0 spiro atoms. The van der Waals surface area contributed by atoms with E-state index >= 15 is 0 Å². The van der Waals surface area contributed by atoms with Crippen LogP contribution in [0.5, 0.6) is 0 Å². The van der Waals surface area contributed by atoms with E-state index in [1.54, 1.807) is 0 Å². The van der Waals surface area contributed by atoms with Crippen molar-refractivity contribution in [3.63, 3.8) is 0 Å². The average Bonchev–Trinajstić information content (AvgIpc) is 3.01. The molecule has 1 aliphatic carbocycles. The van der Waals surface area contributed by atoms with Crippen molar-refractivity contribution in [2.45, 2.75) is 33.1 Å². The van der Waals surface area contributed by atoms with Crippen molar-refractivity contribution in [2.24, 2.45) is 5.92 Å². The minimum Gasteiger partial charge on any atom is -0.338 e. The third-order valence-electron chi connectivity index (χ3n) is 4.99. The number of carbonyl (C=O) groups is 1. The summed E-state index contributed by atoms with van der Waals surface area (Å²) in [6, 6.07) is 18.2. The second kappa shape index (κ2) is 6.79. The number of anilines is 2. The third-order valence-corrected chi connectivity index (χ3v) is 4.99. The second-order valence-corrected chi connectivity index (χ2v) is 6.99. The van der Waals surface area contributed by atoms with Gasteiger partial charge in [-0.05, 0) is 42.5 Å². The Kier molecular flexibility index (Phi) is 4.33. The standard InChI is InChI=1S/C22H23N3O/c1-3-16-9-7-8-12-18(16)23-22-21-19(13-15(2)14-20(21)26)25(24-22)17-10-5-4-6-11-17/h4-12,15H,3,13-14H2,1-2H3,(H,23,24)/t15-/m0/s1. The van der Waals surface area contributed by atoms with Crippen LogP contribution >= 0.6 is 0 Å². The van der Waals surface area contributed by atoms with Crippen LogP contribution in [0, 0.1) is 5.92 Å². The number of aryl methyl sites for hydroxylation is 1. The minimum absolute atomic E-state index is 0.178. The number of carbonyl (C=O) groups excluding carboxylic acids is 1. The van der Waals surface area contributed by atoms with Gasteiger partial charge < -0.3 is 5.32 Å². The highest BCUT2D eigenvalue weighted by molar-refractivity contribution is 6.03. The van der Waals surface area contributed by atoms with E-state index in [-0.39, 0.29) is 5.78 Å². The molecular weight excluding hydrogens is 322 g/mol. The summed E-state index contributed by atoms with van der Waals surface area (Å²) in [5, 5.41) is 8.24. The molecule has 4 heteroatoms. The summed E-state index contributed by atoms with van der Waals surface area (Å²) < 4.78 is 1.93. The third kappa shape index (κ3) is 2.92. The number of para-hydroxylation sites is 2. The van der Waals surface area contributed by atoms with Gasteiger partial charge in [-0.25, -0.2) is 4.68 Å². The first-order valence-corrected chi connectivity index (χ1v) is 9.22. The molecule has 0 radical (unpaired) electrons. The largest absolute Gasteiger partial charge is 0.338 e. The zero-order valence-corrected chi connectivity index (χ0v) is 15.2. The van der Waals surface area contributed by atoms with E-state index in [9.17, 15) is 4.79 Å². The van der Waals surface area contributed by atoms with Gasteiger partial charge in [0.05, 0.1) is 16.9 Å². The Morgan fingerprint density at radius 3 is 2.58 bits per heavy atom. The lowest BCUT2D eigenvalue weighted by atomic mass is 9.87. The van der Waals surface area contributed by atoms with E-state index < -0.39 is 0 Å². The minimum atomic E-state index is 0.178. The predicted octanol–water partition coefficient (Wildman–Crippen LogP) is 4.94.